The Morgan fingerprint density at radius 1 is 1.17 bits per heavy atom. The molecule has 3 nitrogen and oxygen atoms in total. The molecule has 1 spiro atoms. The van der Waals surface area contributed by atoms with Gasteiger partial charge in [0.2, 0.25) is 0 Å². The van der Waals surface area contributed by atoms with E-state index < -0.39 is 5.97 Å². The Hall–Kier alpha value is -1.03. The molecule has 0 aromatic carbocycles. The Balaban J connectivity index is 1.66. The van der Waals surface area contributed by atoms with Crippen molar-refractivity contribution >= 4 is 22.3 Å². The number of aromatic carboxylic acids is 1. The SMILES string of the molecule is O=C(O)c1ccc(N2CCC3(CCCC3)CC2)s1. The molecule has 1 aliphatic heterocycles. The number of carboxylic acid groups (broad SMARTS) is 1. The van der Waals surface area contributed by atoms with Crippen molar-refractivity contribution in [3.8, 4) is 0 Å². The molecule has 0 amide bonds. The van der Waals surface area contributed by atoms with Gasteiger partial charge >= 0.3 is 5.97 Å². The number of piperidine rings is 1. The maximum atomic E-state index is 10.9. The molecule has 1 saturated carbocycles. The van der Waals surface area contributed by atoms with Gasteiger partial charge in [-0.25, -0.2) is 4.79 Å². The summed E-state index contributed by atoms with van der Waals surface area (Å²) in [6.45, 7) is 2.19. The molecule has 1 aliphatic carbocycles. The molecule has 1 aromatic rings. The van der Waals surface area contributed by atoms with E-state index in [1.807, 2.05) is 6.07 Å². The fourth-order valence-electron chi connectivity index (χ4n) is 3.44. The monoisotopic (exact) mass is 265 g/mol. The molecular weight excluding hydrogens is 246 g/mol. The summed E-state index contributed by atoms with van der Waals surface area (Å²) < 4.78 is 0. The molecule has 0 atom stereocenters. The van der Waals surface area contributed by atoms with Gasteiger partial charge in [0.1, 0.15) is 4.88 Å². The van der Waals surface area contributed by atoms with Crippen molar-refractivity contribution in [2.24, 2.45) is 5.41 Å². The Bertz CT molecular complexity index is 438. The predicted octanol–water partition coefficient (Wildman–Crippen LogP) is 3.61. The summed E-state index contributed by atoms with van der Waals surface area (Å²) in [5.41, 5.74) is 0.628. The van der Waals surface area contributed by atoms with Gasteiger partial charge in [0.25, 0.3) is 0 Å². The number of carboxylic acids is 1. The fraction of sp³-hybridized carbons (Fsp3) is 0.643. The van der Waals surface area contributed by atoms with Gasteiger partial charge in [-0.2, -0.15) is 0 Å². The van der Waals surface area contributed by atoms with Crippen LogP contribution in [0.3, 0.4) is 0 Å². The number of hydrogen-bond acceptors (Lipinski definition) is 3. The van der Waals surface area contributed by atoms with E-state index in [4.69, 9.17) is 5.11 Å². The third-order valence-electron chi connectivity index (χ3n) is 4.60. The Morgan fingerprint density at radius 2 is 1.83 bits per heavy atom. The maximum absolute atomic E-state index is 10.9. The van der Waals surface area contributed by atoms with Gasteiger partial charge in [0.15, 0.2) is 0 Å². The highest BCUT2D eigenvalue weighted by molar-refractivity contribution is 7.17. The summed E-state index contributed by atoms with van der Waals surface area (Å²) in [6.07, 6.45) is 8.20. The second-order valence-electron chi connectivity index (χ2n) is 5.64. The van der Waals surface area contributed by atoms with Crippen LogP contribution in [0.2, 0.25) is 0 Å². The van der Waals surface area contributed by atoms with Crippen molar-refractivity contribution in [2.45, 2.75) is 38.5 Å². The lowest BCUT2D eigenvalue weighted by Crippen LogP contribution is -2.38. The maximum Gasteiger partial charge on any atom is 0.345 e. The first kappa shape index (κ1) is 12.0. The highest BCUT2D eigenvalue weighted by Crippen LogP contribution is 2.47. The zero-order valence-corrected chi connectivity index (χ0v) is 11.3. The molecule has 1 N–H and O–H groups in total. The summed E-state index contributed by atoms with van der Waals surface area (Å²) >= 11 is 1.40. The number of carbonyl (C=O) groups is 1. The first-order valence-corrected chi connectivity index (χ1v) is 7.58. The standard InChI is InChI=1S/C14H19NO2S/c16-13(17)11-3-4-12(18-11)15-9-7-14(8-10-15)5-1-2-6-14/h3-4H,1-2,5-10H2,(H,16,17). The normalized spacial score (nSPS) is 22.6. The van der Waals surface area contributed by atoms with E-state index in [1.54, 1.807) is 6.07 Å². The minimum atomic E-state index is -0.810. The molecule has 0 bridgehead atoms. The van der Waals surface area contributed by atoms with Crippen LogP contribution in [0.4, 0.5) is 5.00 Å². The van der Waals surface area contributed by atoms with Crippen LogP contribution in [0.5, 0.6) is 0 Å². The van der Waals surface area contributed by atoms with Crippen molar-refractivity contribution in [1.29, 1.82) is 0 Å². The fourth-order valence-corrected chi connectivity index (χ4v) is 4.34. The van der Waals surface area contributed by atoms with E-state index in [0.717, 1.165) is 18.1 Å². The summed E-state index contributed by atoms with van der Waals surface area (Å²) in [5, 5.41) is 10.1. The van der Waals surface area contributed by atoms with Crippen molar-refractivity contribution in [3.63, 3.8) is 0 Å². The number of nitrogens with zero attached hydrogens (tertiary/aromatic N) is 1. The number of thiophene rings is 1. The van der Waals surface area contributed by atoms with Gasteiger partial charge in [-0.1, -0.05) is 12.8 Å². The molecule has 2 fully saturated rings. The van der Waals surface area contributed by atoms with E-state index in [0.29, 0.717) is 10.3 Å². The topological polar surface area (TPSA) is 40.5 Å². The van der Waals surface area contributed by atoms with Gasteiger partial charge < -0.3 is 10.0 Å². The smallest absolute Gasteiger partial charge is 0.345 e. The molecule has 0 radical (unpaired) electrons. The van der Waals surface area contributed by atoms with Crippen molar-refractivity contribution in [3.05, 3.63) is 17.0 Å². The van der Waals surface area contributed by atoms with E-state index >= 15 is 0 Å². The summed E-state index contributed by atoms with van der Waals surface area (Å²) in [7, 11) is 0. The molecule has 3 rings (SSSR count). The van der Waals surface area contributed by atoms with Crippen LogP contribution in [-0.4, -0.2) is 24.2 Å². The average molecular weight is 265 g/mol. The second-order valence-corrected chi connectivity index (χ2v) is 6.70. The first-order chi connectivity index (χ1) is 8.69. The van der Waals surface area contributed by atoms with Gasteiger partial charge in [-0.05, 0) is 43.2 Å². The third kappa shape index (κ3) is 2.14. The molecule has 1 aromatic heterocycles. The highest BCUT2D eigenvalue weighted by atomic mass is 32.1. The Kier molecular flexibility index (Phi) is 3.06. The lowest BCUT2D eigenvalue weighted by Gasteiger charge is -2.39. The largest absolute Gasteiger partial charge is 0.477 e. The Morgan fingerprint density at radius 3 is 2.39 bits per heavy atom. The third-order valence-corrected chi connectivity index (χ3v) is 5.74. The van der Waals surface area contributed by atoms with Crippen LogP contribution < -0.4 is 4.90 Å². The van der Waals surface area contributed by atoms with Crippen LogP contribution in [0.1, 0.15) is 48.2 Å². The van der Waals surface area contributed by atoms with E-state index in [-0.39, 0.29) is 0 Å². The first-order valence-electron chi connectivity index (χ1n) is 6.77. The van der Waals surface area contributed by atoms with Crippen molar-refractivity contribution in [2.75, 3.05) is 18.0 Å². The van der Waals surface area contributed by atoms with Gasteiger partial charge in [-0.15, -0.1) is 11.3 Å². The zero-order valence-electron chi connectivity index (χ0n) is 10.5. The summed E-state index contributed by atoms with van der Waals surface area (Å²) in [4.78, 5) is 13.7. The van der Waals surface area contributed by atoms with Gasteiger partial charge in [0.05, 0.1) is 5.00 Å². The lowest BCUT2D eigenvalue weighted by molar-refractivity contribution is 0.0702. The zero-order chi connectivity index (χ0) is 12.6. The van der Waals surface area contributed by atoms with E-state index in [1.165, 1.54) is 49.9 Å². The van der Waals surface area contributed by atoms with E-state index in [2.05, 4.69) is 4.90 Å². The number of hydrogen-bond donors (Lipinski definition) is 1. The summed E-state index contributed by atoms with van der Waals surface area (Å²) in [6, 6.07) is 3.68. The predicted molar refractivity (Wildman–Crippen MR) is 73.6 cm³/mol. The molecule has 0 unspecified atom stereocenters. The highest BCUT2D eigenvalue weighted by Gasteiger charge is 2.37. The van der Waals surface area contributed by atoms with Gasteiger partial charge in [0, 0.05) is 13.1 Å². The second kappa shape index (κ2) is 4.57. The lowest BCUT2D eigenvalue weighted by atomic mass is 9.77. The number of anilines is 1. The molecule has 18 heavy (non-hydrogen) atoms. The molecule has 4 heteroatoms. The van der Waals surface area contributed by atoms with Crippen LogP contribution in [0.15, 0.2) is 12.1 Å². The minimum absolute atomic E-state index is 0.450. The van der Waals surface area contributed by atoms with Crippen LogP contribution in [-0.2, 0) is 0 Å². The molecule has 98 valence electrons. The molecule has 2 aliphatic rings. The quantitative estimate of drug-likeness (QED) is 0.888. The summed E-state index contributed by atoms with van der Waals surface area (Å²) in [5.74, 6) is -0.810. The van der Waals surface area contributed by atoms with Crippen LogP contribution in [0, 0.1) is 5.41 Å². The van der Waals surface area contributed by atoms with Crippen molar-refractivity contribution < 1.29 is 9.90 Å². The van der Waals surface area contributed by atoms with Crippen LogP contribution >= 0.6 is 11.3 Å². The minimum Gasteiger partial charge on any atom is -0.477 e. The van der Waals surface area contributed by atoms with Crippen molar-refractivity contribution in [1.82, 2.24) is 0 Å². The Labute approximate surface area is 111 Å². The van der Waals surface area contributed by atoms with Crippen LogP contribution in [0.25, 0.3) is 0 Å². The molecule has 1 saturated heterocycles. The molecular formula is C14H19NO2S. The number of rotatable bonds is 2. The molecule has 2 heterocycles. The average Bonchev–Trinajstić information content (AvgIpc) is 3.00. The van der Waals surface area contributed by atoms with Gasteiger partial charge in [-0.3, -0.25) is 0 Å². The van der Waals surface area contributed by atoms with E-state index in [9.17, 15) is 4.79 Å².